The monoisotopic (exact) mass is 344 g/mol. The molecule has 0 radical (unpaired) electrons. The molecule has 0 spiro atoms. The van der Waals surface area contributed by atoms with E-state index < -0.39 is 0 Å². The van der Waals surface area contributed by atoms with Gasteiger partial charge in [0, 0.05) is 18.5 Å². The van der Waals surface area contributed by atoms with Crippen LogP contribution in [0.1, 0.15) is 51.5 Å². The van der Waals surface area contributed by atoms with E-state index in [1.165, 1.54) is 12.8 Å². The second-order valence-electron chi connectivity index (χ2n) is 6.87. The molecule has 1 aromatic rings. The van der Waals surface area contributed by atoms with Crippen LogP contribution in [0.4, 0.5) is 0 Å². The lowest BCUT2D eigenvalue weighted by atomic mass is 9.78. The zero-order chi connectivity index (χ0) is 18.2. The highest BCUT2D eigenvalue weighted by Crippen LogP contribution is 2.30. The van der Waals surface area contributed by atoms with Gasteiger partial charge in [0.05, 0.1) is 25.3 Å². The smallest absolute Gasteiger partial charge is 0.220 e. The Morgan fingerprint density at radius 3 is 2.84 bits per heavy atom. The molecule has 1 saturated carbocycles. The van der Waals surface area contributed by atoms with Crippen LogP contribution in [0, 0.1) is 23.2 Å². The molecular formula is C20H28N2O3. The van der Waals surface area contributed by atoms with E-state index in [1.807, 2.05) is 0 Å². The van der Waals surface area contributed by atoms with Crippen LogP contribution in [-0.2, 0) is 4.79 Å². The Labute approximate surface area is 150 Å². The van der Waals surface area contributed by atoms with E-state index in [1.54, 1.807) is 25.3 Å². The minimum Gasteiger partial charge on any atom is -0.493 e. The second-order valence-corrected chi connectivity index (χ2v) is 6.87. The number of amides is 1. The van der Waals surface area contributed by atoms with Gasteiger partial charge in [-0.3, -0.25) is 4.79 Å². The molecule has 25 heavy (non-hydrogen) atoms. The summed E-state index contributed by atoms with van der Waals surface area (Å²) in [7, 11) is 1.54. The summed E-state index contributed by atoms with van der Waals surface area (Å²) in [6.45, 7) is 4.93. The SMILES string of the molecule is COc1cc(C#N)ccc1OCCCC(=O)N[C@H]1CCC[C@@H](C)[C@H]1C. The summed E-state index contributed by atoms with van der Waals surface area (Å²) in [4.78, 5) is 12.2. The third kappa shape index (κ3) is 5.38. The van der Waals surface area contributed by atoms with Crippen molar-refractivity contribution in [3.05, 3.63) is 23.8 Å². The number of hydrogen-bond donors (Lipinski definition) is 1. The van der Waals surface area contributed by atoms with Crippen molar-refractivity contribution in [2.24, 2.45) is 11.8 Å². The largest absolute Gasteiger partial charge is 0.493 e. The van der Waals surface area contributed by atoms with Gasteiger partial charge in [-0.2, -0.15) is 5.26 Å². The molecular weight excluding hydrogens is 316 g/mol. The third-order valence-corrected chi connectivity index (χ3v) is 5.15. The summed E-state index contributed by atoms with van der Waals surface area (Å²) in [6.07, 6.45) is 4.63. The molecule has 3 atom stereocenters. The standard InChI is InChI=1S/C20H28N2O3/c1-14-6-4-7-17(15(14)2)22-20(23)8-5-11-25-18-10-9-16(13-21)12-19(18)24-3/h9-10,12,14-15,17H,4-8,11H2,1-3H3,(H,22,23)/t14-,15-,17+/m1/s1. The molecule has 2 rings (SSSR count). The number of carbonyl (C=O) groups is 1. The van der Waals surface area contributed by atoms with E-state index in [-0.39, 0.29) is 5.91 Å². The minimum atomic E-state index is 0.0985. The summed E-state index contributed by atoms with van der Waals surface area (Å²) >= 11 is 0. The van der Waals surface area contributed by atoms with E-state index in [4.69, 9.17) is 14.7 Å². The van der Waals surface area contributed by atoms with Crippen molar-refractivity contribution in [3.8, 4) is 17.6 Å². The number of rotatable bonds is 7. The van der Waals surface area contributed by atoms with E-state index in [0.717, 1.165) is 6.42 Å². The maximum absolute atomic E-state index is 12.2. The molecule has 1 aliphatic carbocycles. The average Bonchev–Trinajstić information content (AvgIpc) is 2.62. The van der Waals surface area contributed by atoms with Gasteiger partial charge >= 0.3 is 0 Å². The van der Waals surface area contributed by atoms with E-state index >= 15 is 0 Å². The molecule has 0 saturated heterocycles. The molecule has 0 unspecified atom stereocenters. The zero-order valence-electron chi connectivity index (χ0n) is 15.4. The molecule has 0 aliphatic heterocycles. The highest BCUT2D eigenvalue weighted by molar-refractivity contribution is 5.76. The zero-order valence-corrected chi connectivity index (χ0v) is 15.4. The molecule has 0 bridgehead atoms. The highest BCUT2D eigenvalue weighted by atomic mass is 16.5. The van der Waals surface area contributed by atoms with Crippen LogP contribution in [-0.4, -0.2) is 25.7 Å². The molecule has 1 amide bonds. The van der Waals surface area contributed by atoms with E-state index in [2.05, 4.69) is 25.2 Å². The van der Waals surface area contributed by atoms with Crippen LogP contribution in [0.25, 0.3) is 0 Å². The number of carbonyl (C=O) groups excluding carboxylic acids is 1. The number of benzene rings is 1. The molecule has 5 heteroatoms. The minimum absolute atomic E-state index is 0.0985. The van der Waals surface area contributed by atoms with Crippen LogP contribution >= 0.6 is 0 Å². The van der Waals surface area contributed by atoms with Crippen molar-refractivity contribution in [2.75, 3.05) is 13.7 Å². The van der Waals surface area contributed by atoms with Crippen LogP contribution in [0.5, 0.6) is 11.5 Å². The maximum Gasteiger partial charge on any atom is 0.220 e. The number of methoxy groups -OCH3 is 1. The number of hydrogen-bond acceptors (Lipinski definition) is 4. The first-order valence-electron chi connectivity index (χ1n) is 9.05. The molecule has 1 aliphatic rings. The first-order valence-corrected chi connectivity index (χ1v) is 9.05. The normalized spacial score (nSPS) is 22.7. The fraction of sp³-hybridized carbons (Fsp3) is 0.600. The van der Waals surface area contributed by atoms with Gasteiger partial charge in [-0.25, -0.2) is 0 Å². The van der Waals surface area contributed by atoms with Gasteiger partial charge in [-0.1, -0.05) is 26.7 Å². The molecule has 0 heterocycles. The first kappa shape index (κ1) is 19.1. The Hall–Kier alpha value is -2.22. The van der Waals surface area contributed by atoms with Crippen molar-refractivity contribution in [2.45, 2.75) is 52.0 Å². The van der Waals surface area contributed by atoms with Gasteiger partial charge < -0.3 is 14.8 Å². The van der Waals surface area contributed by atoms with Crippen molar-refractivity contribution in [1.82, 2.24) is 5.32 Å². The van der Waals surface area contributed by atoms with Crippen molar-refractivity contribution in [1.29, 1.82) is 5.26 Å². The molecule has 1 fully saturated rings. The summed E-state index contributed by atoms with van der Waals surface area (Å²) in [5.74, 6) is 2.44. The number of nitrogens with one attached hydrogen (secondary N) is 1. The van der Waals surface area contributed by atoms with Crippen molar-refractivity contribution in [3.63, 3.8) is 0 Å². The Kier molecular flexibility index (Phi) is 7.12. The second kappa shape index (κ2) is 9.31. The van der Waals surface area contributed by atoms with Gasteiger partial charge in [0.1, 0.15) is 0 Å². The summed E-state index contributed by atoms with van der Waals surface area (Å²) in [5, 5.41) is 12.1. The Morgan fingerprint density at radius 2 is 2.12 bits per heavy atom. The van der Waals surface area contributed by atoms with Crippen LogP contribution in [0.3, 0.4) is 0 Å². The molecule has 0 aromatic heterocycles. The number of nitriles is 1. The topological polar surface area (TPSA) is 71.3 Å². The lowest BCUT2D eigenvalue weighted by Gasteiger charge is -2.34. The molecule has 136 valence electrons. The maximum atomic E-state index is 12.2. The lowest BCUT2D eigenvalue weighted by molar-refractivity contribution is -0.122. The molecule has 1 aromatic carbocycles. The summed E-state index contributed by atoms with van der Waals surface area (Å²) in [5.41, 5.74) is 0.527. The third-order valence-electron chi connectivity index (χ3n) is 5.15. The van der Waals surface area contributed by atoms with Crippen LogP contribution < -0.4 is 14.8 Å². The fourth-order valence-corrected chi connectivity index (χ4v) is 3.34. The van der Waals surface area contributed by atoms with Gasteiger partial charge in [-0.05, 0) is 36.8 Å². The van der Waals surface area contributed by atoms with Gasteiger partial charge in [-0.15, -0.1) is 0 Å². The Morgan fingerprint density at radius 1 is 1.32 bits per heavy atom. The lowest BCUT2D eigenvalue weighted by Crippen LogP contribution is -2.43. The first-order chi connectivity index (χ1) is 12.0. The van der Waals surface area contributed by atoms with E-state index in [0.29, 0.717) is 54.4 Å². The highest BCUT2D eigenvalue weighted by Gasteiger charge is 2.27. The van der Waals surface area contributed by atoms with Gasteiger partial charge in [0.15, 0.2) is 11.5 Å². The predicted molar refractivity (Wildman–Crippen MR) is 96.5 cm³/mol. The van der Waals surface area contributed by atoms with Crippen LogP contribution in [0.2, 0.25) is 0 Å². The predicted octanol–water partition coefficient (Wildman–Crippen LogP) is 3.67. The summed E-state index contributed by atoms with van der Waals surface area (Å²) < 4.78 is 10.9. The van der Waals surface area contributed by atoms with Crippen molar-refractivity contribution >= 4 is 5.91 Å². The Bertz CT molecular complexity index is 624. The fourth-order valence-electron chi connectivity index (χ4n) is 3.34. The number of nitrogens with zero attached hydrogens (tertiary/aromatic N) is 1. The van der Waals surface area contributed by atoms with Crippen molar-refractivity contribution < 1.29 is 14.3 Å². The van der Waals surface area contributed by atoms with E-state index in [9.17, 15) is 4.79 Å². The molecule has 5 nitrogen and oxygen atoms in total. The van der Waals surface area contributed by atoms with Gasteiger partial charge in [0.25, 0.3) is 0 Å². The quantitative estimate of drug-likeness (QED) is 0.766. The number of ether oxygens (including phenoxy) is 2. The average molecular weight is 344 g/mol. The Balaban J connectivity index is 1.74. The van der Waals surface area contributed by atoms with Crippen LogP contribution in [0.15, 0.2) is 18.2 Å². The van der Waals surface area contributed by atoms with Gasteiger partial charge in [0.2, 0.25) is 5.91 Å². The summed E-state index contributed by atoms with van der Waals surface area (Å²) in [6, 6.07) is 7.43. The molecule has 1 N–H and O–H groups in total.